The summed E-state index contributed by atoms with van der Waals surface area (Å²) in [6.07, 6.45) is 0.944. The molecule has 0 aromatic heterocycles. The Morgan fingerprint density at radius 2 is 2.00 bits per heavy atom. The molecule has 0 aliphatic rings. The first-order chi connectivity index (χ1) is 7.06. The second-order valence-electron chi connectivity index (χ2n) is 3.59. The Labute approximate surface area is 89.7 Å². The van der Waals surface area contributed by atoms with Crippen LogP contribution < -0.4 is 4.74 Å². The van der Waals surface area contributed by atoms with Gasteiger partial charge < -0.3 is 9.84 Å². The molecule has 1 rings (SSSR count). The minimum atomic E-state index is -0.891. The first-order valence-corrected chi connectivity index (χ1v) is 5.03. The molecule has 3 heteroatoms. The number of hydrogen-bond donors (Lipinski definition) is 1. The van der Waals surface area contributed by atoms with Crippen LogP contribution in [0.1, 0.15) is 34.8 Å². The molecule has 0 heterocycles. The van der Waals surface area contributed by atoms with Gasteiger partial charge in [0, 0.05) is 0 Å². The average molecular weight is 208 g/mol. The molecular weight excluding hydrogens is 192 g/mol. The molecule has 0 fully saturated rings. The summed E-state index contributed by atoms with van der Waals surface area (Å²) in [5.41, 5.74) is 1.95. The summed E-state index contributed by atoms with van der Waals surface area (Å²) in [5, 5.41) is 8.92. The Hall–Kier alpha value is -1.51. The number of carboxylic acid groups (broad SMARTS) is 1. The molecule has 3 nitrogen and oxygen atoms in total. The zero-order valence-corrected chi connectivity index (χ0v) is 9.33. The number of aryl methyl sites for hydroxylation is 2. The molecule has 1 aromatic rings. The lowest BCUT2D eigenvalue weighted by Gasteiger charge is -2.10. The van der Waals surface area contributed by atoms with Crippen molar-refractivity contribution in [3.63, 3.8) is 0 Å². The van der Waals surface area contributed by atoms with Gasteiger partial charge >= 0.3 is 5.97 Å². The third kappa shape index (κ3) is 2.72. The zero-order valence-electron chi connectivity index (χ0n) is 9.33. The van der Waals surface area contributed by atoms with Gasteiger partial charge in [0.25, 0.3) is 0 Å². The minimum Gasteiger partial charge on any atom is -0.493 e. The van der Waals surface area contributed by atoms with Gasteiger partial charge in [0.2, 0.25) is 0 Å². The molecule has 0 bridgehead atoms. The summed E-state index contributed by atoms with van der Waals surface area (Å²) in [4.78, 5) is 10.9. The number of aromatic carboxylic acids is 1. The van der Waals surface area contributed by atoms with Crippen molar-refractivity contribution in [1.29, 1.82) is 0 Å². The van der Waals surface area contributed by atoms with Crippen molar-refractivity contribution in [2.75, 3.05) is 6.61 Å². The van der Waals surface area contributed by atoms with Crippen molar-refractivity contribution in [2.24, 2.45) is 0 Å². The molecular formula is C12H16O3. The van der Waals surface area contributed by atoms with Gasteiger partial charge in [-0.3, -0.25) is 0 Å². The van der Waals surface area contributed by atoms with Gasteiger partial charge in [-0.25, -0.2) is 4.79 Å². The van der Waals surface area contributed by atoms with Crippen LogP contribution in [-0.4, -0.2) is 17.7 Å². The van der Waals surface area contributed by atoms with E-state index in [1.165, 1.54) is 0 Å². The van der Waals surface area contributed by atoms with Crippen molar-refractivity contribution in [2.45, 2.75) is 27.2 Å². The Kier molecular flexibility index (Phi) is 3.72. The van der Waals surface area contributed by atoms with Crippen LogP contribution in [0.4, 0.5) is 0 Å². The number of hydrogen-bond acceptors (Lipinski definition) is 2. The monoisotopic (exact) mass is 208 g/mol. The van der Waals surface area contributed by atoms with Crippen LogP contribution in [0.25, 0.3) is 0 Å². The molecule has 0 spiro atoms. The number of rotatable bonds is 4. The van der Waals surface area contributed by atoms with E-state index in [0.717, 1.165) is 23.3 Å². The van der Waals surface area contributed by atoms with Crippen LogP contribution in [0.2, 0.25) is 0 Å². The molecule has 0 unspecified atom stereocenters. The maximum absolute atomic E-state index is 10.9. The fourth-order valence-corrected chi connectivity index (χ4v) is 1.39. The van der Waals surface area contributed by atoms with Crippen molar-refractivity contribution in [3.05, 3.63) is 28.8 Å². The lowest BCUT2D eigenvalue weighted by atomic mass is 10.0. The van der Waals surface area contributed by atoms with E-state index in [2.05, 4.69) is 0 Å². The normalized spacial score (nSPS) is 10.1. The van der Waals surface area contributed by atoms with Gasteiger partial charge in [-0.1, -0.05) is 6.92 Å². The summed E-state index contributed by atoms with van der Waals surface area (Å²) in [6.45, 7) is 6.33. The second-order valence-corrected chi connectivity index (χ2v) is 3.59. The van der Waals surface area contributed by atoms with Crippen LogP contribution in [0.3, 0.4) is 0 Å². The van der Waals surface area contributed by atoms with E-state index in [4.69, 9.17) is 9.84 Å². The minimum absolute atomic E-state index is 0.344. The lowest BCUT2D eigenvalue weighted by molar-refractivity contribution is 0.0696. The predicted molar refractivity (Wildman–Crippen MR) is 58.7 cm³/mol. The number of benzene rings is 1. The van der Waals surface area contributed by atoms with Crippen molar-refractivity contribution < 1.29 is 14.6 Å². The molecule has 0 saturated carbocycles. The quantitative estimate of drug-likeness (QED) is 0.827. The molecule has 15 heavy (non-hydrogen) atoms. The van der Waals surface area contributed by atoms with E-state index in [1.807, 2.05) is 13.8 Å². The Balaban J connectivity index is 3.02. The van der Waals surface area contributed by atoms with Crippen LogP contribution >= 0.6 is 0 Å². The maximum atomic E-state index is 10.9. The highest BCUT2D eigenvalue weighted by atomic mass is 16.5. The fourth-order valence-electron chi connectivity index (χ4n) is 1.39. The standard InChI is InChI=1S/C12H16O3/c1-4-5-15-11-7-8(2)10(12(13)14)6-9(11)3/h6-7H,4-5H2,1-3H3,(H,13,14). The molecule has 0 radical (unpaired) electrons. The highest BCUT2D eigenvalue weighted by Gasteiger charge is 2.10. The smallest absolute Gasteiger partial charge is 0.335 e. The molecule has 1 N–H and O–H groups in total. The Bertz CT molecular complexity index is 369. The first kappa shape index (κ1) is 11.6. The van der Waals surface area contributed by atoms with E-state index in [0.29, 0.717) is 12.2 Å². The van der Waals surface area contributed by atoms with E-state index in [-0.39, 0.29) is 0 Å². The Morgan fingerprint density at radius 1 is 1.33 bits per heavy atom. The SMILES string of the molecule is CCCOc1cc(C)c(C(=O)O)cc1C. The number of ether oxygens (including phenoxy) is 1. The summed E-state index contributed by atoms with van der Waals surface area (Å²) in [5.74, 6) is -0.114. The molecule has 0 atom stereocenters. The van der Waals surface area contributed by atoms with Gasteiger partial charge in [0.05, 0.1) is 12.2 Å². The Morgan fingerprint density at radius 3 is 2.53 bits per heavy atom. The molecule has 0 aliphatic carbocycles. The third-order valence-corrected chi connectivity index (χ3v) is 2.21. The largest absolute Gasteiger partial charge is 0.493 e. The molecule has 0 amide bonds. The van der Waals surface area contributed by atoms with Crippen LogP contribution in [0.5, 0.6) is 5.75 Å². The van der Waals surface area contributed by atoms with Gasteiger partial charge in [-0.2, -0.15) is 0 Å². The summed E-state index contributed by atoms with van der Waals surface area (Å²) < 4.78 is 5.51. The van der Waals surface area contributed by atoms with Crippen LogP contribution in [0.15, 0.2) is 12.1 Å². The number of carbonyl (C=O) groups is 1. The predicted octanol–water partition coefficient (Wildman–Crippen LogP) is 2.79. The fraction of sp³-hybridized carbons (Fsp3) is 0.417. The highest BCUT2D eigenvalue weighted by Crippen LogP contribution is 2.23. The molecule has 82 valence electrons. The highest BCUT2D eigenvalue weighted by molar-refractivity contribution is 5.89. The van der Waals surface area contributed by atoms with Gasteiger partial charge in [0.15, 0.2) is 0 Å². The van der Waals surface area contributed by atoms with E-state index >= 15 is 0 Å². The first-order valence-electron chi connectivity index (χ1n) is 5.03. The van der Waals surface area contributed by atoms with Crippen LogP contribution in [-0.2, 0) is 0 Å². The molecule has 0 saturated heterocycles. The summed E-state index contributed by atoms with van der Waals surface area (Å²) in [7, 11) is 0. The summed E-state index contributed by atoms with van der Waals surface area (Å²) >= 11 is 0. The average Bonchev–Trinajstić information content (AvgIpc) is 2.18. The van der Waals surface area contributed by atoms with E-state index in [9.17, 15) is 4.79 Å². The van der Waals surface area contributed by atoms with Crippen LogP contribution in [0, 0.1) is 13.8 Å². The van der Waals surface area contributed by atoms with Crippen molar-refractivity contribution in [1.82, 2.24) is 0 Å². The van der Waals surface area contributed by atoms with Gasteiger partial charge in [0.1, 0.15) is 5.75 Å². The zero-order chi connectivity index (χ0) is 11.4. The maximum Gasteiger partial charge on any atom is 0.335 e. The van der Waals surface area contributed by atoms with Crippen molar-refractivity contribution in [3.8, 4) is 5.75 Å². The number of carboxylic acids is 1. The van der Waals surface area contributed by atoms with Gasteiger partial charge in [-0.05, 0) is 43.5 Å². The topological polar surface area (TPSA) is 46.5 Å². The lowest BCUT2D eigenvalue weighted by Crippen LogP contribution is -2.03. The van der Waals surface area contributed by atoms with Gasteiger partial charge in [-0.15, -0.1) is 0 Å². The molecule has 0 aliphatic heterocycles. The summed E-state index contributed by atoms with van der Waals surface area (Å²) in [6, 6.07) is 3.44. The second kappa shape index (κ2) is 4.82. The molecule has 1 aromatic carbocycles. The van der Waals surface area contributed by atoms with Crippen molar-refractivity contribution >= 4 is 5.97 Å². The van der Waals surface area contributed by atoms with E-state index < -0.39 is 5.97 Å². The van der Waals surface area contributed by atoms with E-state index in [1.54, 1.807) is 19.1 Å². The third-order valence-electron chi connectivity index (χ3n) is 2.21.